The van der Waals surface area contributed by atoms with Gasteiger partial charge in [-0.1, -0.05) is 6.07 Å². The third-order valence-electron chi connectivity index (χ3n) is 2.72. The molecular weight excluding hydrogens is 263 g/mol. The summed E-state index contributed by atoms with van der Waals surface area (Å²) in [5.74, 6) is -0.598. The highest BCUT2D eigenvalue weighted by Gasteiger charge is 2.36. The van der Waals surface area contributed by atoms with Crippen molar-refractivity contribution >= 4 is 17.6 Å². The summed E-state index contributed by atoms with van der Waals surface area (Å²) < 4.78 is 38.5. The molecule has 1 aromatic rings. The fraction of sp³-hybridized carbons (Fsp3) is 0.273. The molecule has 1 aliphatic rings. The Labute approximate surface area is 106 Å². The lowest BCUT2D eigenvalue weighted by atomic mass is 10.1. The number of nitrogens with two attached hydrogens (primary N) is 1. The Morgan fingerprint density at radius 3 is 2.47 bits per heavy atom. The maximum atomic E-state index is 12.8. The Balaban J connectivity index is 2.49. The number of amides is 3. The molecule has 0 bridgehead atoms. The molecule has 3 N–H and O–H groups in total. The predicted octanol–water partition coefficient (Wildman–Crippen LogP) is 1.22. The van der Waals surface area contributed by atoms with E-state index in [9.17, 15) is 22.8 Å². The zero-order valence-electron chi connectivity index (χ0n) is 9.62. The van der Waals surface area contributed by atoms with Crippen LogP contribution in [0.15, 0.2) is 18.2 Å². The van der Waals surface area contributed by atoms with E-state index in [4.69, 9.17) is 5.73 Å². The summed E-state index contributed by atoms with van der Waals surface area (Å²) in [6.07, 6.45) is -4.59. The van der Waals surface area contributed by atoms with Crippen LogP contribution in [0, 0.1) is 0 Å². The average Bonchev–Trinajstić information content (AvgIpc) is 2.67. The molecule has 2 rings (SSSR count). The molecule has 8 heteroatoms. The van der Waals surface area contributed by atoms with Crippen molar-refractivity contribution in [3.8, 4) is 0 Å². The summed E-state index contributed by atoms with van der Waals surface area (Å²) in [6.45, 7) is -0.506. The molecule has 0 saturated carbocycles. The summed E-state index contributed by atoms with van der Waals surface area (Å²) in [4.78, 5) is 23.5. The first kappa shape index (κ1) is 13.3. The average molecular weight is 273 g/mol. The number of nitrogens with one attached hydrogen (secondary N) is 1. The van der Waals surface area contributed by atoms with Gasteiger partial charge in [0.25, 0.3) is 5.91 Å². The maximum Gasteiger partial charge on any atom is 0.416 e. The second-order valence-corrected chi connectivity index (χ2v) is 3.93. The van der Waals surface area contributed by atoms with Gasteiger partial charge in [0.05, 0.1) is 17.8 Å². The van der Waals surface area contributed by atoms with Gasteiger partial charge in [0.15, 0.2) is 0 Å². The molecule has 0 aliphatic carbocycles. The molecule has 0 aromatic heterocycles. The number of urea groups is 1. The van der Waals surface area contributed by atoms with E-state index >= 15 is 0 Å². The van der Waals surface area contributed by atoms with E-state index in [1.165, 1.54) is 6.07 Å². The standard InChI is InChI=1S/C11H10F3N3O2/c12-11(13,14)8-3-7(2-1-6(8)4-15)17-9(18)5-16-10(17)19/h1-3H,4-5,15H2,(H,16,19). The van der Waals surface area contributed by atoms with Crippen LogP contribution in [0.4, 0.5) is 23.7 Å². The van der Waals surface area contributed by atoms with Crippen molar-refractivity contribution in [3.05, 3.63) is 29.3 Å². The zero-order valence-corrected chi connectivity index (χ0v) is 9.62. The molecular formula is C11H10F3N3O2. The van der Waals surface area contributed by atoms with Gasteiger partial charge in [-0.15, -0.1) is 0 Å². The van der Waals surface area contributed by atoms with Crippen molar-refractivity contribution in [1.82, 2.24) is 5.32 Å². The molecule has 5 nitrogen and oxygen atoms in total. The fourth-order valence-corrected chi connectivity index (χ4v) is 1.83. The highest BCUT2D eigenvalue weighted by Crippen LogP contribution is 2.34. The quantitative estimate of drug-likeness (QED) is 0.795. The molecule has 1 fully saturated rings. The Hall–Kier alpha value is -2.09. The molecule has 19 heavy (non-hydrogen) atoms. The number of alkyl halides is 3. The largest absolute Gasteiger partial charge is 0.416 e. The molecule has 3 amide bonds. The molecule has 0 atom stereocenters. The minimum atomic E-state index is -4.59. The van der Waals surface area contributed by atoms with Crippen molar-refractivity contribution in [1.29, 1.82) is 0 Å². The third-order valence-corrected chi connectivity index (χ3v) is 2.72. The minimum Gasteiger partial charge on any atom is -0.328 e. The van der Waals surface area contributed by atoms with E-state index in [2.05, 4.69) is 5.32 Å². The number of carbonyl (C=O) groups excluding carboxylic acids is 2. The normalized spacial score (nSPS) is 15.9. The van der Waals surface area contributed by atoms with E-state index < -0.39 is 23.7 Å². The van der Waals surface area contributed by atoms with Gasteiger partial charge in [0, 0.05) is 6.54 Å². The first-order chi connectivity index (χ1) is 8.84. The molecule has 0 spiro atoms. The van der Waals surface area contributed by atoms with E-state index in [1.807, 2.05) is 0 Å². The van der Waals surface area contributed by atoms with E-state index in [1.54, 1.807) is 0 Å². The Morgan fingerprint density at radius 1 is 1.32 bits per heavy atom. The molecule has 102 valence electrons. The maximum absolute atomic E-state index is 12.8. The second kappa shape index (κ2) is 4.54. The highest BCUT2D eigenvalue weighted by atomic mass is 19.4. The third kappa shape index (κ3) is 2.39. The van der Waals surface area contributed by atoms with Gasteiger partial charge >= 0.3 is 12.2 Å². The number of carbonyl (C=O) groups is 2. The molecule has 0 radical (unpaired) electrons. The topological polar surface area (TPSA) is 75.4 Å². The molecule has 1 aliphatic heterocycles. The summed E-state index contributed by atoms with van der Waals surface area (Å²) in [6, 6.07) is 2.45. The Morgan fingerprint density at radius 2 is 2.00 bits per heavy atom. The van der Waals surface area contributed by atoms with Crippen LogP contribution in [-0.4, -0.2) is 18.5 Å². The lowest BCUT2D eigenvalue weighted by Crippen LogP contribution is -2.31. The summed E-state index contributed by atoms with van der Waals surface area (Å²) in [5, 5.41) is 2.24. The van der Waals surface area contributed by atoms with Crippen molar-refractivity contribution in [2.75, 3.05) is 11.4 Å². The van der Waals surface area contributed by atoms with Gasteiger partial charge in [-0.05, 0) is 17.7 Å². The lowest BCUT2D eigenvalue weighted by molar-refractivity contribution is -0.138. The first-order valence-electron chi connectivity index (χ1n) is 5.35. The van der Waals surface area contributed by atoms with Crippen LogP contribution < -0.4 is 16.0 Å². The number of hydrogen-bond donors (Lipinski definition) is 2. The molecule has 1 aromatic carbocycles. The molecule has 1 saturated heterocycles. The minimum absolute atomic E-state index is 0.0942. The van der Waals surface area contributed by atoms with Gasteiger partial charge < -0.3 is 11.1 Å². The Bertz CT molecular complexity index is 526. The molecule has 1 heterocycles. The van der Waals surface area contributed by atoms with E-state index in [-0.39, 0.29) is 24.3 Å². The smallest absolute Gasteiger partial charge is 0.328 e. The zero-order chi connectivity index (χ0) is 14.2. The fourth-order valence-electron chi connectivity index (χ4n) is 1.83. The van der Waals surface area contributed by atoms with E-state index in [0.29, 0.717) is 4.90 Å². The SMILES string of the molecule is NCc1ccc(N2C(=O)CNC2=O)cc1C(F)(F)F. The monoisotopic (exact) mass is 273 g/mol. The van der Waals surface area contributed by atoms with Gasteiger partial charge in [-0.2, -0.15) is 13.2 Å². The van der Waals surface area contributed by atoms with Gasteiger partial charge in [0.1, 0.15) is 0 Å². The Kier molecular flexibility index (Phi) is 3.19. The van der Waals surface area contributed by atoms with Crippen LogP contribution in [-0.2, 0) is 17.5 Å². The van der Waals surface area contributed by atoms with Crippen molar-refractivity contribution < 1.29 is 22.8 Å². The van der Waals surface area contributed by atoms with Crippen LogP contribution in [0.2, 0.25) is 0 Å². The highest BCUT2D eigenvalue weighted by molar-refractivity contribution is 6.19. The van der Waals surface area contributed by atoms with Crippen LogP contribution in [0.25, 0.3) is 0 Å². The summed E-state index contributed by atoms with van der Waals surface area (Å²) >= 11 is 0. The summed E-state index contributed by atoms with van der Waals surface area (Å²) in [5.41, 5.74) is 4.09. The van der Waals surface area contributed by atoms with Gasteiger partial charge in [-0.3, -0.25) is 4.79 Å². The predicted molar refractivity (Wildman–Crippen MR) is 60.2 cm³/mol. The van der Waals surface area contributed by atoms with Crippen molar-refractivity contribution in [2.24, 2.45) is 5.73 Å². The van der Waals surface area contributed by atoms with E-state index in [0.717, 1.165) is 12.1 Å². The number of nitrogens with zero attached hydrogens (tertiary/aromatic N) is 1. The van der Waals surface area contributed by atoms with Crippen LogP contribution in [0.3, 0.4) is 0 Å². The number of halogens is 3. The number of hydrogen-bond acceptors (Lipinski definition) is 3. The van der Waals surface area contributed by atoms with Gasteiger partial charge in [0.2, 0.25) is 0 Å². The number of rotatable bonds is 2. The first-order valence-corrected chi connectivity index (χ1v) is 5.35. The summed E-state index contributed by atoms with van der Waals surface area (Å²) in [7, 11) is 0. The van der Waals surface area contributed by atoms with Crippen molar-refractivity contribution in [3.63, 3.8) is 0 Å². The van der Waals surface area contributed by atoms with Crippen LogP contribution in [0.5, 0.6) is 0 Å². The van der Waals surface area contributed by atoms with Gasteiger partial charge in [-0.25, -0.2) is 9.69 Å². The second-order valence-electron chi connectivity index (χ2n) is 3.93. The van der Waals surface area contributed by atoms with Crippen molar-refractivity contribution in [2.45, 2.75) is 12.7 Å². The van der Waals surface area contributed by atoms with Crippen LogP contribution >= 0.6 is 0 Å². The number of imide groups is 1. The number of benzene rings is 1. The molecule has 0 unspecified atom stereocenters. The van der Waals surface area contributed by atoms with Crippen LogP contribution in [0.1, 0.15) is 11.1 Å². The lowest BCUT2D eigenvalue weighted by Gasteiger charge is -2.17. The number of anilines is 1.